The Morgan fingerprint density at radius 1 is 0.769 bits per heavy atom. The zero-order valence-corrected chi connectivity index (χ0v) is 14.6. The molecule has 3 aromatic rings. The molecule has 0 aromatic heterocycles. The Morgan fingerprint density at radius 3 is 2.50 bits per heavy atom. The van der Waals surface area contributed by atoms with Gasteiger partial charge in [-0.1, -0.05) is 42.5 Å². The van der Waals surface area contributed by atoms with Gasteiger partial charge in [-0.3, -0.25) is 0 Å². The number of nitrogens with two attached hydrogens (primary N) is 1. The van der Waals surface area contributed by atoms with Gasteiger partial charge in [0, 0.05) is 11.1 Å². The summed E-state index contributed by atoms with van der Waals surface area (Å²) in [6, 6.07) is 24.6. The molecule has 1 aliphatic heterocycles. The number of benzene rings is 3. The monoisotopic (exact) mass is 348 g/mol. The molecule has 26 heavy (non-hydrogen) atoms. The lowest BCUT2D eigenvalue weighted by molar-refractivity contribution is -0.686. The largest absolute Gasteiger partial charge is 0.488 e. The van der Waals surface area contributed by atoms with Crippen molar-refractivity contribution in [3.05, 3.63) is 89.5 Å². The summed E-state index contributed by atoms with van der Waals surface area (Å²) in [7, 11) is 0. The van der Waals surface area contributed by atoms with Gasteiger partial charge in [-0.25, -0.2) is 0 Å². The quantitative estimate of drug-likeness (QED) is 0.713. The molecule has 0 saturated heterocycles. The summed E-state index contributed by atoms with van der Waals surface area (Å²) >= 11 is 0. The van der Waals surface area contributed by atoms with Crippen LogP contribution in [0.15, 0.2) is 72.8 Å². The van der Waals surface area contributed by atoms with Crippen LogP contribution < -0.4 is 19.5 Å². The van der Waals surface area contributed by atoms with Crippen molar-refractivity contribution in [3.63, 3.8) is 0 Å². The molecule has 0 radical (unpaired) electrons. The molecule has 4 rings (SSSR count). The predicted molar refractivity (Wildman–Crippen MR) is 99.1 cm³/mol. The Kier molecular flexibility index (Phi) is 5.03. The third-order valence-corrected chi connectivity index (χ3v) is 4.39. The fourth-order valence-electron chi connectivity index (χ4n) is 3.01. The van der Waals surface area contributed by atoms with Gasteiger partial charge in [0.05, 0.1) is 0 Å². The summed E-state index contributed by atoms with van der Waals surface area (Å²) in [6.45, 7) is 2.64. The fourth-order valence-corrected chi connectivity index (χ4v) is 3.01. The fraction of sp³-hybridized carbons (Fsp3) is 0.182. The van der Waals surface area contributed by atoms with Crippen molar-refractivity contribution in [2.45, 2.75) is 19.7 Å². The van der Waals surface area contributed by atoms with E-state index < -0.39 is 0 Å². The number of quaternary nitrogens is 1. The number of hydrogen-bond donors (Lipinski definition) is 1. The van der Waals surface area contributed by atoms with Gasteiger partial charge in [0.2, 0.25) is 6.79 Å². The van der Waals surface area contributed by atoms with Crippen molar-refractivity contribution in [2.24, 2.45) is 0 Å². The average molecular weight is 348 g/mol. The highest BCUT2D eigenvalue weighted by Crippen LogP contribution is 2.32. The van der Waals surface area contributed by atoms with E-state index in [4.69, 9.17) is 14.2 Å². The molecular weight excluding hydrogens is 326 g/mol. The third-order valence-electron chi connectivity index (χ3n) is 4.39. The summed E-state index contributed by atoms with van der Waals surface area (Å²) in [5.41, 5.74) is 3.59. The highest BCUT2D eigenvalue weighted by Gasteiger charge is 2.13. The molecule has 0 atom stereocenters. The van der Waals surface area contributed by atoms with Gasteiger partial charge in [-0.15, -0.1) is 0 Å². The van der Waals surface area contributed by atoms with E-state index in [0.29, 0.717) is 13.4 Å². The van der Waals surface area contributed by atoms with E-state index in [2.05, 4.69) is 41.7 Å². The van der Waals surface area contributed by atoms with E-state index in [0.717, 1.165) is 30.3 Å². The number of ether oxygens (including phenoxy) is 3. The summed E-state index contributed by atoms with van der Waals surface area (Å²) in [5.74, 6) is 2.61. The lowest BCUT2D eigenvalue weighted by Crippen LogP contribution is -2.80. The van der Waals surface area contributed by atoms with Crippen LogP contribution in [0.25, 0.3) is 0 Å². The van der Waals surface area contributed by atoms with Gasteiger partial charge in [0.15, 0.2) is 11.5 Å². The zero-order chi connectivity index (χ0) is 17.6. The Morgan fingerprint density at radius 2 is 1.58 bits per heavy atom. The average Bonchev–Trinajstić information content (AvgIpc) is 3.16. The first-order valence-corrected chi connectivity index (χ1v) is 8.83. The summed E-state index contributed by atoms with van der Waals surface area (Å²) in [6.07, 6.45) is 0. The molecule has 0 unspecified atom stereocenters. The van der Waals surface area contributed by atoms with Crippen LogP contribution in [0.1, 0.15) is 16.7 Å². The zero-order valence-electron chi connectivity index (χ0n) is 14.6. The Labute approximate surface area is 153 Å². The Balaban J connectivity index is 1.34. The number of para-hydroxylation sites is 1. The Hall–Kier alpha value is -2.98. The molecule has 0 aliphatic carbocycles. The van der Waals surface area contributed by atoms with Gasteiger partial charge in [-0.05, 0) is 35.9 Å². The third kappa shape index (κ3) is 3.98. The number of hydrogen-bond acceptors (Lipinski definition) is 3. The second-order valence-corrected chi connectivity index (χ2v) is 6.27. The highest BCUT2D eigenvalue weighted by molar-refractivity contribution is 5.44. The topological polar surface area (TPSA) is 44.3 Å². The second-order valence-electron chi connectivity index (χ2n) is 6.27. The SMILES string of the molecule is c1ccc(COc2ccccc2C[NH2+]Cc2ccc3c(c2)OCO3)cc1. The second kappa shape index (κ2) is 7.93. The molecule has 4 nitrogen and oxygen atoms in total. The minimum atomic E-state index is 0.314. The molecule has 1 heterocycles. The van der Waals surface area contributed by atoms with Crippen LogP contribution in [0, 0.1) is 0 Å². The van der Waals surface area contributed by atoms with Crippen molar-refractivity contribution in [1.82, 2.24) is 0 Å². The summed E-state index contributed by atoms with van der Waals surface area (Å²) in [5, 5.41) is 2.27. The van der Waals surface area contributed by atoms with E-state index in [1.807, 2.05) is 36.4 Å². The van der Waals surface area contributed by atoms with Crippen LogP contribution in [0.2, 0.25) is 0 Å². The molecule has 1 aliphatic rings. The molecule has 0 saturated carbocycles. The van der Waals surface area contributed by atoms with Gasteiger partial charge in [-0.2, -0.15) is 0 Å². The lowest BCUT2D eigenvalue weighted by atomic mass is 10.1. The van der Waals surface area contributed by atoms with Crippen LogP contribution >= 0.6 is 0 Å². The minimum Gasteiger partial charge on any atom is -0.488 e. The molecule has 132 valence electrons. The van der Waals surface area contributed by atoms with Crippen LogP contribution in [0.3, 0.4) is 0 Å². The molecule has 2 N–H and O–H groups in total. The number of fused-ring (bicyclic) bond motifs is 1. The van der Waals surface area contributed by atoms with E-state index in [9.17, 15) is 0 Å². The van der Waals surface area contributed by atoms with Crippen molar-refractivity contribution in [3.8, 4) is 17.2 Å². The van der Waals surface area contributed by atoms with E-state index in [1.54, 1.807) is 0 Å². The number of rotatable bonds is 7. The van der Waals surface area contributed by atoms with Crippen LogP contribution in [-0.4, -0.2) is 6.79 Å². The summed E-state index contributed by atoms with van der Waals surface area (Å²) in [4.78, 5) is 0. The molecule has 3 aromatic carbocycles. The van der Waals surface area contributed by atoms with Crippen molar-refractivity contribution < 1.29 is 19.5 Å². The first-order valence-electron chi connectivity index (χ1n) is 8.83. The molecule has 0 bridgehead atoms. The first kappa shape index (κ1) is 16.5. The van der Waals surface area contributed by atoms with E-state index >= 15 is 0 Å². The van der Waals surface area contributed by atoms with E-state index in [1.165, 1.54) is 16.7 Å². The summed E-state index contributed by atoms with van der Waals surface area (Å²) < 4.78 is 16.8. The maximum Gasteiger partial charge on any atom is 0.231 e. The normalized spacial score (nSPS) is 12.2. The molecule has 0 fully saturated rings. The smallest absolute Gasteiger partial charge is 0.231 e. The van der Waals surface area contributed by atoms with Crippen molar-refractivity contribution in [2.75, 3.05) is 6.79 Å². The van der Waals surface area contributed by atoms with E-state index in [-0.39, 0.29) is 0 Å². The minimum absolute atomic E-state index is 0.314. The molecule has 0 amide bonds. The van der Waals surface area contributed by atoms with Crippen LogP contribution in [0.5, 0.6) is 17.2 Å². The van der Waals surface area contributed by atoms with Crippen LogP contribution in [0.4, 0.5) is 0 Å². The van der Waals surface area contributed by atoms with Crippen LogP contribution in [-0.2, 0) is 19.7 Å². The molecule has 0 spiro atoms. The van der Waals surface area contributed by atoms with Gasteiger partial charge < -0.3 is 19.5 Å². The van der Waals surface area contributed by atoms with Gasteiger partial charge in [0.25, 0.3) is 0 Å². The van der Waals surface area contributed by atoms with Gasteiger partial charge >= 0.3 is 0 Å². The molecule has 4 heteroatoms. The maximum atomic E-state index is 6.03. The van der Waals surface area contributed by atoms with Gasteiger partial charge in [0.1, 0.15) is 25.4 Å². The predicted octanol–water partition coefficient (Wildman–Crippen LogP) is 3.26. The molecular formula is C22H22NO3+. The first-order chi connectivity index (χ1) is 12.9. The lowest BCUT2D eigenvalue weighted by Gasteiger charge is -2.11. The van der Waals surface area contributed by atoms with Crippen molar-refractivity contribution in [1.29, 1.82) is 0 Å². The highest BCUT2D eigenvalue weighted by atomic mass is 16.7. The maximum absolute atomic E-state index is 6.03. The van der Waals surface area contributed by atoms with Crippen molar-refractivity contribution >= 4 is 0 Å². The standard InChI is InChI=1S/C22H21NO3/c1-2-6-17(7-3-1)15-24-20-9-5-4-8-19(20)14-23-13-18-10-11-21-22(12-18)26-16-25-21/h1-12,23H,13-16H2/p+1. The Bertz CT molecular complexity index is 864.